The number of amides is 3. The van der Waals surface area contributed by atoms with Gasteiger partial charge in [-0.2, -0.15) is 4.31 Å². The van der Waals surface area contributed by atoms with E-state index in [0.717, 1.165) is 5.56 Å². The maximum absolute atomic E-state index is 12.9. The molecular formula is C20H25N5O5S. The normalized spacial score (nSPS) is 21.0. The van der Waals surface area contributed by atoms with Crippen LogP contribution in [0.15, 0.2) is 39.8 Å². The highest BCUT2D eigenvalue weighted by atomic mass is 32.2. The molecule has 166 valence electrons. The Hall–Kier alpha value is -2.76. The Labute approximate surface area is 180 Å². The van der Waals surface area contributed by atoms with Crippen LogP contribution in [0.1, 0.15) is 17.0 Å². The number of aromatic nitrogens is 1. The number of carbonyl (C=O) groups is 2. The smallest absolute Gasteiger partial charge is 0.325 e. The average Bonchev–Trinajstić information content (AvgIpc) is 3.22. The lowest BCUT2D eigenvalue weighted by molar-refractivity contribution is -0.129. The SMILES string of the molecule is Cc1noc(C)c1S(=O)(=O)N1CCN(CN2C(=O)N[C@@H](Cc3ccccc3)C2=O)CC1. The fraction of sp³-hybridized carbons (Fsp3) is 0.450. The lowest BCUT2D eigenvalue weighted by atomic mass is 10.1. The van der Waals surface area contributed by atoms with Crippen molar-refractivity contribution in [3.63, 3.8) is 0 Å². The number of piperazine rings is 1. The first-order chi connectivity index (χ1) is 14.8. The van der Waals surface area contributed by atoms with Crippen molar-refractivity contribution in [2.45, 2.75) is 31.2 Å². The summed E-state index contributed by atoms with van der Waals surface area (Å²) in [5.74, 6) is 0.00310. The van der Waals surface area contributed by atoms with Gasteiger partial charge in [0, 0.05) is 32.6 Å². The molecule has 0 spiro atoms. The maximum atomic E-state index is 12.9. The van der Waals surface area contributed by atoms with Crippen molar-refractivity contribution in [1.29, 1.82) is 0 Å². The molecule has 1 N–H and O–H groups in total. The van der Waals surface area contributed by atoms with Crippen molar-refractivity contribution < 1.29 is 22.5 Å². The second-order valence-corrected chi connectivity index (χ2v) is 9.65. The van der Waals surface area contributed by atoms with Crippen LogP contribution in [0.25, 0.3) is 0 Å². The Morgan fingerprint density at radius 3 is 2.39 bits per heavy atom. The monoisotopic (exact) mass is 447 g/mol. The quantitative estimate of drug-likeness (QED) is 0.649. The van der Waals surface area contributed by atoms with Gasteiger partial charge < -0.3 is 9.84 Å². The summed E-state index contributed by atoms with van der Waals surface area (Å²) in [4.78, 5) is 28.3. The molecular weight excluding hydrogens is 422 g/mol. The average molecular weight is 448 g/mol. The zero-order valence-corrected chi connectivity index (χ0v) is 18.3. The van der Waals surface area contributed by atoms with E-state index in [-0.39, 0.29) is 36.3 Å². The molecule has 3 amide bonds. The first-order valence-electron chi connectivity index (χ1n) is 10.1. The number of nitrogens with zero attached hydrogens (tertiary/aromatic N) is 4. The molecule has 2 aromatic rings. The molecule has 1 atom stereocenters. The van der Waals surface area contributed by atoms with Crippen molar-refractivity contribution in [2.75, 3.05) is 32.8 Å². The van der Waals surface area contributed by atoms with E-state index in [1.54, 1.807) is 13.8 Å². The van der Waals surface area contributed by atoms with E-state index >= 15 is 0 Å². The largest absolute Gasteiger partial charge is 0.360 e. The van der Waals surface area contributed by atoms with Gasteiger partial charge in [0.1, 0.15) is 16.6 Å². The van der Waals surface area contributed by atoms with E-state index in [9.17, 15) is 18.0 Å². The third kappa shape index (κ3) is 4.21. The van der Waals surface area contributed by atoms with E-state index < -0.39 is 22.1 Å². The summed E-state index contributed by atoms with van der Waals surface area (Å²) in [5.41, 5.74) is 1.31. The van der Waals surface area contributed by atoms with Crippen molar-refractivity contribution in [1.82, 2.24) is 24.6 Å². The molecule has 2 aliphatic heterocycles. The minimum atomic E-state index is -3.71. The van der Waals surface area contributed by atoms with Crippen LogP contribution in [0.4, 0.5) is 4.79 Å². The number of aryl methyl sites for hydroxylation is 2. The molecule has 0 bridgehead atoms. The van der Waals surface area contributed by atoms with Gasteiger partial charge in [-0.05, 0) is 19.4 Å². The molecule has 1 aromatic carbocycles. The van der Waals surface area contributed by atoms with Gasteiger partial charge >= 0.3 is 6.03 Å². The van der Waals surface area contributed by atoms with Gasteiger partial charge in [0.15, 0.2) is 5.76 Å². The highest BCUT2D eigenvalue weighted by molar-refractivity contribution is 7.89. The summed E-state index contributed by atoms with van der Waals surface area (Å²) in [6.07, 6.45) is 0.436. The first kappa shape index (κ1) is 21.5. The van der Waals surface area contributed by atoms with Gasteiger partial charge in [0.05, 0.1) is 6.67 Å². The molecule has 4 rings (SSSR count). The van der Waals surface area contributed by atoms with Crippen LogP contribution in [-0.2, 0) is 21.2 Å². The number of urea groups is 1. The van der Waals surface area contributed by atoms with Crippen LogP contribution in [0, 0.1) is 13.8 Å². The zero-order chi connectivity index (χ0) is 22.2. The van der Waals surface area contributed by atoms with Crippen molar-refractivity contribution >= 4 is 22.0 Å². The van der Waals surface area contributed by atoms with E-state index in [1.165, 1.54) is 9.21 Å². The third-order valence-corrected chi connectivity index (χ3v) is 7.77. The number of sulfonamides is 1. The highest BCUT2D eigenvalue weighted by Gasteiger charge is 2.40. The number of imide groups is 1. The van der Waals surface area contributed by atoms with Crippen molar-refractivity contribution in [2.24, 2.45) is 0 Å². The Balaban J connectivity index is 1.36. The first-order valence-corrected chi connectivity index (χ1v) is 11.5. The van der Waals surface area contributed by atoms with Gasteiger partial charge in [-0.25, -0.2) is 18.1 Å². The molecule has 3 heterocycles. The van der Waals surface area contributed by atoms with E-state index in [4.69, 9.17) is 4.52 Å². The molecule has 2 saturated heterocycles. The minimum Gasteiger partial charge on any atom is -0.360 e. The Morgan fingerprint density at radius 2 is 1.77 bits per heavy atom. The lowest BCUT2D eigenvalue weighted by Crippen LogP contribution is -2.52. The molecule has 2 fully saturated rings. The van der Waals surface area contributed by atoms with Gasteiger partial charge in [-0.3, -0.25) is 9.69 Å². The van der Waals surface area contributed by atoms with E-state index in [1.807, 2.05) is 35.2 Å². The predicted molar refractivity (Wildman–Crippen MR) is 110 cm³/mol. The van der Waals surface area contributed by atoms with Gasteiger partial charge in [-0.15, -0.1) is 0 Å². The molecule has 31 heavy (non-hydrogen) atoms. The molecule has 0 saturated carbocycles. The van der Waals surface area contributed by atoms with Crippen LogP contribution in [0.5, 0.6) is 0 Å². The predicted octanol–water partition coefficient (Wildman–Crippen LogP) is 0.718. The fourth-order valence-corrected chi connectivity index (χ4v) is 5.70. The maximum Gasteiger partial charge on any atom is 0.325 e. The van der Waals surface area contributed by atoms with Crippen molar-refractivity contribution in [3.8, 4) is 0 Å². The van der Waals surface area contributed by atoms with Crippen molar-refractivity contribution in [3.05, 3.63) is 47.3 Å². The summed E-state index contributed by atoms with van der Waals surface area (Å²) >= 11 is 0. The minimum absolute atomic E-state index is 0.110. The number of hydrogen-bond acceptors (Lipinski definition) is 7. The highest BCUT2D eigenvalue weighted by Crippen LogP contribution is 2.24. The van der Waals surface area contributed by atoms with E-state index in [2.05, 4.69) is 10.5 Å². The van der Waals surface area contributed by atoms with Gasteiger partial charge in [0.2, 0.25) is 10.0 Å². The van der Waals surface area contributed by atoms with Gasteiger partial charge in [0.25, 0.3) is 5.91 Å². The molecule has 2 aliphatic rings. The molecule has 0 radical (unpaired) electrons. The number of benzene rings is 1. The Kier molecular flexibility index (Phi) is 5.82. The number of carbonyl (C=O) groups excluding carboxylic acids is 2. The summed E-state index contributed by atoms with van der Waals surface area (Å²) in [6, 6.07) is 8.51. The summed E-state index contributed by atoms with van der Waals surface area (Å²) in [6.45, 7) is 4.63. The Morgan fingerprint density at radius 1 is 1.10 bits per heavy atom. The Bertz CT molecular complexity index is 1060. The van der Waals surface area contributed by atoms with Crippen LogP contribution >= 0.6 is 0 Å². The molecule has 1 aromatic heterocycles. The van der Waals surface area contributed by atoms with E-state index in [0.29, 0.717) is 25.2 Å². The van der Waals surface area contributed by atoms with Crippen LogP contribution in [-0.4, -0.2) is 78.5 Å². The summed E-state index contributed by atoms with van der Waals surface area (Å²) < 4.78 is 32.3. The number of rotatable bonds is 6. The number of hydrogen-bond donors (Lipinski definition) is 1. The van der Waals surface area contributed by atoms with Crippen LogP contribution in [0.3, 0.4) is 0 Å². The molecule has 0 unspecified atom stereocenters. The van der Waals surface area contributed by atoms with Crippen LogP contribution in [0.2, 0.25) is 0 Å². The lowest BCUT2D eigenvalue weighted by Gasteiger charge is -2.35. The van der Waals surface area contributed by atoms with Gasteiger partial charge in [-0.1, -0.05) is 35.5 Å². The summed E-state index contributed by atoms with van der Waals surface area (Å²) in [7, 11) is -3.71. The second kappa shape index (κ2) is 8.40. The van der Waals surface area contributed by atoms with Crippen LogP contribution < -0.4 is 5.32 Å². The fourth-order valence-electron chi connectivity index (χ4n) is 3.98. The second-order valence-electron chi connectivity index (χ2n) is 7.77. The third-order valence-electron chi connectivity index (χ3n) is 5.63. The molecule has 10 nitrogen and oxygen atoms in total. The topological polar surface area (TPSA) is 116 Å². The molecule has 0 aliphatic carbocycles. The summed E-state index contributed by atoms with van der Waals surface area (Å²) in [5, 5.41) is 6.48. The standard InChI is InChI=1S/C20H25N5O5S/c1-14-18(15(2)30-22-14)31(28,29)24-10-8-23(9-11-24)13-25-19(26)17(21-20(25)27)12-16-6-4-3-5-7-16/h3-7,17H,8-13H2,1-2H3,(H,21,27)/t17-/m0/s1. The molecule has 11 heteroatoms. The zero-order valence-electron chi connectivity index (χ0n) is 17.4. The number of nitrogens with one attached hydrogen (secondary N) is 1.